The second kappa shape index (κ2) is 6.81. The Morgan fingerprint density at radius 3 is 2.29 bits per heavy atom. The van der Waals surface area contributed by atoms with Crippen LogP contribution in [0.5, 0.6) is 0 Å². The van der Waals surface area contributed by atoms with Gasteiger partial charge in [-0.05, 0) is 25.1 Å². The van der Waals surface area contributed by atoms with E-state index in [0.29, 0.717) is 5.02 Å². The number of hydrogen-bond acceptors (Lipinski definition) is 5. The maximum Gasteiger partial charge on any atom is 0.279 e. The van der Waals surface area contributed by atoms with E-state index in [1.165, 1.54) is 25.1 Å². The van der Waals surface area contributed by atoms with Crippen molar-refractivity contribution in [2.45, 2.75) is 6.92 Å². The summed E-state index contributed by atoms with van der Waals surface area (Å²) in [5, 5.41) is 24.9. The van der Waals surface area contributed by atoms with E-state index in [2.05, 4.69) is 5.32 Å². The minimum Gasteiger partial charge on any atom is -0.321 e. The smallest absolute Gasteiger partial charge is 0.279 e. The molecule has 2 aromatic rings. The summed E-state index contributed by atoms with van der Waals surface area (Å²) in [6, 6.07) is 6.12. The van der Waals surface area contributed by atoms with Crippen LogP contribution in [0.15, 0.2) is 30.3 Å². The van der Waals surface area contributed by atoms with Gasteiger partial charge in [0, 0.05) is 16.7 Å². The van der Waals surface area contributed by atoms with Crippen LogP contribution in [-0.2, 0) is 0 Å². The van der Waals surface area contributed by atoms with Crippen molar-refractivity contribution in [3.63, 3.8) is 0 Å². The topological polar surface area (TPSA) is 115 Å². The molecule has 1 N–H and O–H groups in total. The molecule has 0 bridgehead atoms. The molecule has 0 radical (unpaired) electrons. The predicted molar refractivity (Wildman–Crippen MR) is 88.9 cm³/mol. The molecule has 0 heterocycles. The number of amides is 1. The first-order chi connectivity index (χ1) is 11.2. The fourth-order valence-electron chi connectivity index (χ4n) is 2.00. The summed E-state index contributed by atoms with van der Waals surface area (Å²) in [4.78, 5) is 32.7. The summed E-state index contributed by atoms with van der Waals surface area (Å²) < 4.78 is 0. The van der Waals surface area contributed by atoms with Crippen molar-refractivity contribution in [2.24, 2.45) is 0 Å². The molecule has 0 atom stereocenters. The van der Waals surface area contributed by atoms with Gasteiger partial charge in [-0.15, -0.1) is 0 Å². The molecule has 0 aromatic heterocycles. The maximum atomic E-state index is 12.4. The molecule has 0 saturated carbocycles. The fraction of sp³-hybridized carbons (Fsp3) is 0.0714. The van der Waals surface area contributed by atoms with Crippen molar-refractivity contribution in [3.05, 3.63) is 71.7 Å². The van der Waals surface area contributed by atoms with Gasteiger partial charge in [0.2, 0.25) is 0 Å². The highest BCUT2D eigenvalue weighted by molar-refractivity contribution is 6.36. The maximum absolute atomic E-state index is 12.4. The van der Waals surface area contributed by atoms with E-state index in [9.17, 15) is 25.0 Å². The number of benzene rings is 2. The number of nitrogens with one attached hydrogen (secondary N) is 1. The molecule has 2 aromatic carbocycles. The molecule has 10 heteroatoms. The average Bonchev–Trinajstić information content (AvgIpc) is 2.49. The summed E-state index contributed by atoms with van der Waals surface area (Å²) in [5.41, 5.74) is -1.04. The third kappa shape index (κ3) is 3.61. The van der Waals surface area contributed by atoms with E-state index in [-0.39, 0.29) is 21.8 Å². The Morgan fingerprint density at radius 1 is 1.08 bits per heavy atom. The molecule has 0 saturated heterocycles. The highest BCUT2D eigenvalue weighted by Gasteiger charge is 2.25. The quantitative estimate of drug-likeness (QED) is 0.634. The molecule has 24 heavy (non-hydrogen) atoms. The number of rotatable bonds is 4. The van der Waals surface area contributed by atoms with Gasteiger partial charge in [-0.25, -0.2) is 0 Å². The fourth-order valence-corrected chi connectivity index (χ4v) is 2.45. The number of anilines is 1. The molecule has 1 amide bonds. The molecule has 0 aliphatic heterocycles. The molecule has 0 aliphatic rings. The number of nitro benzene ring substituents is 2. The Labute approximate surface area is 145 Å². The van der Waals surface area contributed by atoms with Gasteiger partial charge >= 0.3 is 0 Å². The van der Waals surface area contributed by atoms with Crippen molar-refractivity contribution >= 4 is 46.2 Å². The van der Waals surface area contributed by atoms with Gasteiger partial charge in [0.15, 0.2) is 0 Å². The lowest BCUT2D eigenvalue weighted by Crippen LogP contribution is -2.15. The number of carbonyl (C=O) groups excluding carboxylic acids is 1. The van der Waals surface area contributed by atoms with E-state index in [1.54, 1.807) is 0 Å². The van der Waals surface area contributed by atoms with Gasteiger partial charge in [0.1, 0.15) is 0 Å². The Bertz CT molecular complexity index is 870. The van der Waals surface area contributed by atoms with E-state index in [4.69, 9.17) is 23.2 Å². The minimum absolute atomic E-state index is 0.00758. The van der Waals surface area contributed by atoms with Crippen LogP contribution in [0.4, 0.5) is 17.1 Å². The number of nitro groups is 2. The van der Waals surface area contributed by atoms with Crippen LogP contribution in [0.1, 0.15) is 15.9 Å². The third-order valence-corrected chi connectivity index (χ3v) is 3.74. The first-order valence-corrected chi connectivity index (χ1v) is 7.16. The average molecular weight is 370 g/mol. The van der Waals surface area contributed by atoms with E-state index in [0.717, 1.165) is 12.1 Å². The van der Waals surface area contributed by atoms with E-state index >= 15 is 0 Å². The number of hydrogen-bond donors (Lipinski definition) is 1. The van der Waals surface area contributed by atoms with Crippen LogP contribution in [0, 0.1) is 27.2 Å². The van der Waals surface area contributed by atoms with Gasteiger partial charge < -0.3 is 5.32 Å². The SMILES string of the molecule is Cc1c(C(=O)Nc2ccc(Cl)cc2Cl)cc([N+](=O)[O-])cc1[N+](=O)[O-]. The molecule has 0 fully saturated rings. The zero-order valence-corrected chi connectivity index (χ0v) is 13.6. The Kier molecular flexibility index (Phi) is 5.01. The van der Waals surface area contributed by atoms with Crippen molar-refractivity contribution in [1.82, 2.24) is 0 Å². The summed E-state index contributed by atoms with van der Waals surface area (Å²) >= 11 is 11.7. The lowest BCUT2D eigenvalue weighted by Gasteiger charge is -2.10. The first kappa shape index (κ1) is 17.6. The number of halogens is 2. The largest absolute Gasteiger partial charge is 0.321 e. The summed E-state index contributed by atoms with van der Waals surface area (Å²) in [6.45, 7) is 1.33. The summed E-state index contributed by atoms with van der Waals surface area (Å²) in [5.74, 6) is -0.761. The summed E-state index contributed by atoms with van der Waals surface area (Å²) in [6.07, 6.45) is 0. The van der Waals surface area contributed by atoms with E-state index < -0.39 is 27.1 Å². The second-order valence-corrected chi connectivity index (χ2v) is 5.57. The zero-order chi connectivity index (χ0) is 18.0. The van der Waals surface area contributed by atoms with Crippen LogP contribution in [0.25, 0.3) is 0 Å². The van der Waals surface area contributed by atoms with Crippen molar-refractivity contribution in [3.8, 4) is 0 Å². The molecular formula is C14H9Cl2N3O5. The van der Waals surface area contributed by atoms with Crippen LogP contribution in [0.3, 0.4) is 0 Å². The molecule has 0 unspecified atom stereocenters. The Morgan fingerprint density at radius 2 is 1.75 bits per heavy atom. The minimum atomic E-state index is -0.807. The molecular weight excluding hydrogens is 361 g/mol. The Hall–Kier alpha value is -2.71. The molecule has 0 aliphatic carbocycles. The number of nitrogens with zero attached hydrogens (tertiary/aromatic N) is 2. The van der Waals surface area contributed by atoms with Gasteiger partial charge in [-0.3, -0.25) is 25.0 Å². The predicted octanol–water partition coefficient (Wildman–Crippen LogP) is 4.37. The van der Waals surface area contributed by atoms with E-state index in [1.807, 2.05) is 0 Å². The van der Waals surface area contributed by atoms with Gasteiger partial charge in [-0.2, -0.15) is 0 Å². The molecule has 124 valence electrons. The second-order valence-electron chi connectivity index (χ2n) is 4.73. The number of non-ortho nitro benzene ring substituents is 1. The standard InChI is InChI=1S/C14H9Cl2N3O5/c1-7-10(5-9(18(21)22)6-13(7)19(23)24)14(20)17-12-3-2-8(15)4-11(12)16/h2-6H,1H3,(H,17,20). The van der Waals surface area contributed by atoms with Gasteiger partial charge in [0.05, 0.1) is 32.2 Å². The van der Waals surface area contributed by atoms with Crippen LogP contribution < -0.4 is 5.32 Å². The first-order valence-electron chi connectivity index (χ1n) is 6.40. The molecule has 0 spiro atoms. The van der Waals surface area contributed by atoms with Crippen LogP contribution >= 0.6 is 23.2 Å². The molecule has 2 rings (SSSR count). The normalized spacial score (nSPS) is 10.3. The van der Waals surface area contributed by atoms with Crippen molar-refractivity contribution in [2.75, 3.05) is 5.32 Å². The van der Waals surface area contributed by atoms with Gasteiger partial charge in [-0.1, -0.05) is 23.2 Å². The lowest BCUT2D eigenvalue weighted by atomic mass is 10.0. The van der Waals surface area contributed by atoms with Gasteiger partial charge in [0.25, 0.3) is 17.3 Å². The third-order valence-electron chi connectivity index (χ3n) is 3.20. The zero-order valence-electron chi connectivity index (χ0n) is 12.1. The highest BCUT2D eigenvalue weighted by atomic mass is 35.5. The van der Waals surface area contributed by atoms with Crippen molar-refractivity contribution in [1.29, 1.82) is 0 Å². The number of carbonyl (C=O) groups is 1. The highest BCUT2D eigenvalue weighted by Crippen LogP contribution is 2.30. The van der Waals surface area contributed by atoms with Crippen LogP contribution in [0.2, 0.25) is 10.0 Å². The summed E-state index contributed by atoms with van der Waals surface area (Å²) in [7, 11) is 0. The molecule has 8 nitrogen and oxygen atoms in total. The van der Waals surface area contributed by atoms with Crippen LogP contribution in [-0.4, -0.2) is 15.8 Å². The van der Waals surface area contributed by atoms with Crippen molar-refractivity contribution < 1.29 is 14.6 Å². The lowest BCUT2D eigenvalue weighted by molar-refractivity contribution is -0.394. The monoisotopic (exact) mass is 369 g/mol. The Balaban J connectivity index is 2.48.